The normalized spacial score (nSPS) is 21.2. The second kappa shape index (κ2) is 4.49. The van der Waals surface area contributed by atoms with Crippen molar-refractivity contribution >= 4 is 12.1 Å². The zero-order chi connectivity index (χ0) is 9.68. The van der Waals surface area contributed by atoms with Crippen molar-refractivity contribution in [3.63, 3.8) is 0 Å². The molecule has 0 amide bonds. The molecule has 1 aliphatic heterocycles. The summed E-state index contributed by atoms with van der Waals surface area (Å²) in [4.78, 5) is 21.2. The average Bonchev–Trinajstić information content (AvgIpc) is 2.14. The van der Waals surface area contributed by atoms with E-state index in [0.29, 0.717) is 13.0 Å². The summed E-state index contributed by atoms with van der Waals surface area (Å²) in [5.74, 6) is -0.525. The van der Waals surface area contributed by atoms with Crippen LogP contribution in [0.1, 0.15) is 6.42 Å². The summed E-state index contributed by atoms with van der Waals surface area (Å²) in [5, 5.41) is 0. The van der Waals surface area contributed by atoms with E-state index in [0.717, 1.165) is 6.08 Å². The van der Waals surface area contributed by atoms with E-state index in [9.17, 15) is 9.59 Å². The van der Waals surface area contributed by atoms with E-state index in [1.54, 1.807) is 0 Å². The first kappa shape index (κ1) is 9.57. The number of carbonyl (C=O) groups is 2. The Balaban J connectivity index is 2.24. The van der Waals surface area contributed by atoms with Crippen LogP contribution in [0.2, 0.25) is 0 Å². The van der Waals surface area contributed by atoms with Crippen LogP contribution in [-0.2, 0) is 19.0 Å². The minimum Gasteiger partial charge on any atom is -0.459 e. The van der Waals surface area contributed by atoms with Crippen LogP contribution < -0.4 is 0 Å². The monoisotopic (exact) mass is 186 g/mol. The molecule has 1 heterocycles. The zero-order valence-electron chi connectivity index (χ0n) is 7.02. The Morgan fingerprint density at radius 1 is 1.77 bits per heavy atom. The van der Waals surface area contributed by atoms with Gasteiger partial charge in [0.15, 0.2) is 0 Å². The van der Waals surface area contributed by atoms with Gasteiger partial charge in [0.25, 0.3) is 0 Å². The molecule has 0 aliphatic carbocycles. The van der Waals surface area contributed by atoms with Gasteiger partial charge in [-0.1, -0.05) is 6.58 Å². The van der Waals surface area contributed by atoms with Gasteiger partial charge in [0.2, 0.25) is 0 Å². The van der Waals surface area contributed by atoms with Crippen molar-refractivity contribution in [3.8, 4) is 0 Å². The third-order valence-corrected chi connectivity index (χ3v) is 1.50. The van der Waals surface area contributed by atoms with Gasteiger partial charge in [0.1, 0.15) is 12.7 Å². The highest BCUT2D eigenvalue weighted by molar-refractivity contribution is 5.81. The summed E-state index contributed by atoms with van der Waals surface area (Å²) < 4.78 is 13.9. The molecule has 1 unspecified atom stereocenters. The molecule has 5 heteroatoms. The predicted molar refractivity (Wildman–Crippen MR) is 42.0 cm³/mol. The molecule has 1 aliphatic rings. The van der Waals surface area contributed by atoms with Gasteiger partial charge >= 0.3 is 12.1 Å². The number of hydrogen-bond donors (Lipinski definition) is 0. The van der Waals surface area contributed by atoms with Crippen LogP contribution in [0, 0.1) is 0 Å². The molecule has 0 radical (unpaired) electrons. The highest BCUT2D eigenvalue weighted by atomic mass is 16.7. The zero-order valence-corrected chi connectivity index (χ0v) is 7.02. The van der Waals surface area contributed by atoms with Crippen molar-refractivity contribution in [3.05, 3.63) is 12.7 Å². The maximum Gasteiger partial charge on any atom is 0.508 e. The minimum atomic E-state index is -0.717. The van der Waals surface area contributed by atoms with Crippen molar-refractivity contribution < 1.29 is 23.8 Å². The van der Waals surface area contributed by atoms with Crippen LogP contribution in [0.4, 0.5) is 4.79 Å². The van der Waals surface area contributed by atoms with Crippen LogP contribution in [0.15, 0.2) is 12.7 Å². The fourth-order valence-electron chi connectivity index (χ4n) is 0.854. The van der Waals surface area contributed by atoms with Crippen molar-refractivity contribution in [1.29, 1.82) is 0 Å². The van der Waals surface area contributed by atoms with Gasteiger partial charge in [-0.3, -0.25) is 0 Å². The summed E-state index contributed by atoms with van der Waals surface area (Å²) in [5.41, 5.74) is 0. The van der Waals surface area contributed by atoms with E-state index < -0.39 is 18.2 Å². The second-order valence-corrected chi connectivity index (χ2v) is 2.46. The number of ether oxygens (including phenoxy) is 3. The number of carbonyl (C=O) groups excluding carboxylic acids is 2. The lowest BCUT2D eigenvalue weighted by Gasteiger charge is -2.21. The standard InChI is InChI=1S/C8H10O5/c1-2-7(9)12-5-6-3-4-11-8(10)13-6/h2,6H,1,3-5H2. The van der Waals surface area contributed by atoms with E-state index in [1.807, 2.05) is 0 Å². The van der Waals surface area contributed by atoms with Gasteiger partial charge in [-0.2, -0.15) is 0 Å². The average molecular weight is 186 g/mol. The lowest BCUT2D eigenvalue weighted by atomic mass is 10.3. The van der Waals surface area contributed by atoms with Gasteiger partial charge in [-0.25, -0.2) is 9.59 Å². The van der Waals surface area contributed by atoms with Crippen molar-refractivity contribution in [2.24, 2.45) is 0 Å². The Labute approximate surface area is 75.3 Å². The molecule has 5 nitrogen and oxygen atoms in total. The van der Waals surface area contributed by atoms with E-state index in [-0.39, 0.29) is 6.61 Å². The van der Waals surface area contributed by atoms with Crippen LogP contribution in [-0.4, -0.2) is 31.4 Å². The third-order valence-electron chi connectivity index (χ3n) is 1.50. The number of cyclic esters (lactones) is 2. The molecular weight excluding hydrogens is 176 g/mol. The first-order chi connectivity index (χ1) is 6.22. The van der Waals surface area contributed by atoms with Gasteiger partial charge in [-0.15, -0.1) is 0 Å². The molecule has 1 rings (SSSR count). The summed E-state index contributed by atoms with van der Waals surface area (Å²) in [6.07, 6.45) is 0.480. The Morgan fingerprint density at radius 3 is 3.15 bits per heavy atom. The van der Waals surface area contributed by atoms with E-state index >= 15 is 0 Å². The van der Waals surface area contributed by atoms with Gasteiger partial charge in [0.05, 0.1) is 6.61 Å². The molecular formula is C8H10O5. The molecule has 72 valence electrons. The molecule has 0 bridgehead atoms. The third kappa shape index (κ3) is 3.14. The molecule has 0 N–H and O–H groups in total. The topological polar surface area (TPSA) is 61.8 Å². The van der Waals surface area contributed by atoms with E-state index in [2.05, 4.69) is 16.1 Å². The first-order valence-electron chi connectivity index (χ1n) is 3.85. The van der Waals surface area contributed by atoms with Gasteiger partial charge < -0.3 is 14.2 Å². The number of hydrogen-bond acceptors (Lipinski definition) is 5. The van der Waals surface area contributed by atoms with E-state index in [1.165, 1.54) is 0 Å². The van der Waals surface area contributed by atoms with Crippen molar-refractivity contribution in [1.82, 2.24) is 0 Å². The number of rotatable bonds is 3. The lowest BCUT2D eigenvalue weighted by molar-refractivity contribution is -0.143. The quantitative estimate of drug-likeness (QED) is 0.478. The van der Waals surface area contributed by atoms with Gasteiger partial charge in [0, 0.05) is 12.5 Å². The fourth-order valence-corrected chi connectivity index (χ4v) is 0.854. The highest BCUT2D eigenvalue weighted by Crippen LogP contribution is 2.08. The maximum absolute atomic E-state index is 10.6. The van der Waals surface area contributed by atoms with Crippen LogP contribution in [0.3, 0.4) is 0 Å². The molecule has 0 saturated carbocycles. The highest BCUT2D eigenvalue weighted by Gasteiger charge is 2.22. The Morgan fingerprint density at radius 2 is 2.54 bits per heavy atom. The van der Waals surface area contributed by atoms with Gasteiger partial charge in [-0.05, 0) is 0 Å². The molecule has 1 atom stereocenters. The largest absolute Gasteiger partial charge is 0.508 e. The molecule has 1 fully saturated rings. The fraction of sp³-hybridized carbons (Fsp3) is 0.500. The minimum absolute atomic E-state index is 0.0555. The summed E-state index contributed by atoms with van der Waals surface area (Å²) in [6.45, 7) is 3.59. The van der Waals surface area contributed by atoms with E-state index in [4.69, 9.17) is 4.74 Å². The number of esters is 1. The first-order valence-corrected chi connectivity index (χ1v) is 3.85. The molecule has 1 saturated heterocycles. The second-order valence-electron chi connectivity index (χ2n) is 2.46. The Hall–Kier alpha value is -1.52. The van der Waals surface area contributed by atoms with Crippen LogP contribution in [0.5, 0.6) is 0 Å². The predicted octanol–water partition coefficient (Wildman–Crippen LogP) is 0.641. The van der Waals surface area contributed by atoms with Crippen LogP contribution in [0.25, 0.3) is 0 Å². The lowest BCUT2D eigenvalue weighted by Crippen LogP contribution is -2.31. The molecule has 0 spiro atoms. The summed E-state index contributed by atoms with van der Waals surface area (Å²) in [7, 11) is 0. The maximum atomic E-state index is 10.6. The molecule has 0 aromatic rings. The van der Waals surface area contributed by atoms with Crippen LogP contribution >= 0.6 is 0 Å². The van der Waals surface area contributed by atoms with Crippen molar-refractivity contribution in [2.75, 3.05) is 13.2 Å². The van der Waals surface area contributed by atoms with Crippen molar-refractivity contribution in [2.45, 2.75) is 12.5 Å². The molecule has 13 heavy (non-hydrogen) atoms. The Kier molecular flexibility index (Phi) is 3.31. The SMILES string of the molecule is C=CC(=O)OCC1CCOC(=O)O1. The molecule has 0 aromatic heterocycles. The molecule has 0 aromatic carbocycles. The Bertz CT molecular complexity index is 223. The summed E-state index contributed by atoms with van der Waals surface area (Å²) >= 11 is 0. The summed E-state index contributed by atoms with van der Waals surface area (Å²) in [6, 6.07) is 0. The smallest absolute Gasteiger partial charge is 0.459 e.